The maximum Gasteiger partial charge on any atom is 0.132 e. The molecule has 0 bridgehead atoms. The van der Waals surface area contributed by atoms with Gasteiger partial charge in [0.2, 0.25) is 0 Å². The molecule has 0 atom stereocenters. The fourth-order valence-corrected chi connectivity index (χ4v) is 4.35. The largest absolute Gasteiger partial charge is 0.383 e. The zero-order valence-corrected chi connectivity index (χ0v) is 16.0. The molecule has 3 rings (SSSR count). The third kappa shape index (κ3) is 4.29. The normalized spacial score (nSPS) is 11.6. The number of nitrogens with one attached hydrogen (secondary N) is 2. The Morgan fingerprint density at radius 2 is 2.00 bits per heavy atom. The summed E-state index contributed by atoms with van der Waals surface area (Å²) in [6, 6.07) is 8.87. The topological polar surface area (TPSA) is 63.0 Å². The molecule has 0 radical (unpaired) electrons. The van der Waals surface area contributed by atoms with E-state index in [-0.39, 0.29) is 0 Å². The summed E-state index contributed by atoms with van der Waals surface area (Å²) in [6.45, 7) is 5.09. The van der Waals surface area contributed by atoms with Gasteiger partial charge in [-0.25, -0.2) is 4.98 Å². The first-order valence-corrected chi connectivity index (χ1v) is 10.0. The van der Waals surface area contributed by atoms with E-state index in [2.05, 4.69) is 46.8 Å². The Labute approximate surface area is 153 Å². The third-order valence-corrected chi connectivity index (χ3v) is 5.72. The van der Waals surface area contributed by atoms with E-state index in [4.69, 9.17) is 5.73 Å². The van der Waals surface area contributed by atoms with Crippen molar-refractivity contribution in [3.8, 4) is 0 Å². The second kappa shape index (κ2) is 8.61. The maximum absolute atomic E-state index is 6.24. The van der Waals surface area contributed by atoms with E-state index in [1.165, 1.54) is 39.8 Å². The summed E-state index contributed by atoms with van der Waals surface area (Å²) in [4.78, 5) is 5.98. The van der Waals surface area contributed by atoms with Crippen molar-refractivity contribution < 1.29 is 0 Å². The van der Waals surface area contributed by atoms with Gasteiger partial charge < -0.3 is 16.4 Å². The van der Waals surface area contributed by atoms with Crippen LogP contribution >= 0.6 is 11.3 Å². The lowest BCUT2D eigenvalue weighted by Crippen LogP contribution is -2.10. The smallest absolute Gasteiger partial charge is 0.132 e. The molecule has 4 N–H and O–H groups in total. The van der Waals surface area contributed by atoms with E-state index in [1.807, 2.05) is 18.4 Å². The van der Waals surface area contributed by atoms with Crippen LogP contribution in [0.15, 0.2) is 24.3 Å². The Morgan fingerprint density at radius 3 is 2.80 bits per heavy atom. The van der Waals surface area contributed by atoms with Crippen molar-refractivity contribution in [2.75, 3.05) is 25.9 Å². The van der Waals surface area contributed by atoms with Gasteiger partial charge in [0.1, 0.15) is 5.82 Å². The molecule has 3 aromatic rings. The van der Waals surface area contributed by atoms with Gasteiger partial charge in [-0.2, -0.15) is 0 Å². The van der Waals surface area contributed by atoms with Gasteiger partial charge in [0.15, 0.2) is 0 Å². The van der Waals surface area contributed by atoms with Crippen molar-refractivity contribution in [2.24, 2.45) is 0 Å². The number of benzene rings is 1. The van der Waals surface area contributed by atoms with E-state index >= 15 is 0 Å². The number of rotatable bonds is 9. The van der Waals surface area contributed by atoms with Crippen LogP contribution in [-0.2, 0) is 13.0 Å². The highest BCUT2D eigenvalue weighted by atomic mass is 32.1. The van der Waals surface area contributed by atoms with Crippen molar-refractivity contribution in [1.82, 2.24) is 15.6 Å². The number of nitrogen functional groups attached to an aromatic ring is 1. The van der Waals surface area contributed by atoms with Crippen LogP contribution < -0.4 is 16.4 Å². The van der Waals surface area contributed by atoms with Crippen LogP contribution in [-0.4, -0.2) is 25.1 Å². The van der Waals surface area contributed by atoms with Gasteiger partial charge in [0.25, 0.3) is 0 Å². The molecular formula is C20H28N4S. The number of hydrogen-bond donors (Lipinski definition) is 3. The average molecular weight is 357 g/mol. The zero-order chi connectivity index (χ0) is 17.6. The summed E-state index contributed by atoms with van der Waals surface area (Å²) in [5.74, 6) is 0.646. The molecular weight excluding hydrogens is 328 g/mol. The summed E-state index contributed by atoms with van der Waals surface area (Å²) in [5, 5.41) is 8.89. The lowest BCUT2D eigenvalue weighted by molar-refractivity contribution is 0.642. The standard InChI is InChI=1S/C20H28N4S/c1-3-23-13-15-12-17-19(25-15)16-9-8-14(7-5-4-6-10-22-2)11-18(16)24-20(17)21/h8-9,11-12,22-23H,3-7,10,13H2,1-2H3,(H2,21,24). The molecule has 1 aromatic carbocycles. The molecule has 25 heavy (non-hydrogen) atoms. The number of aryl methyl sites for hydroxylation is 1. The Balaban J connectivity index is 1.83. The Bertz CT molecular complexity index is 840. The van der Waals surface area contributed by atoms with Gasteiger partial charge in [-0.15, -0.1) is 11.3 Å². The molecule has 0 aliphatic heterocycles. The summed E-state index contributed by atoms with van der Waals surface area (Å²) in [5.41, 5.74) is 8.61. The van der Waals surface area contributed by atoms with E-state index in [0.717, 1.165) is 37.0 Å². The van der Waals surface area contributed by atoms with Gasteiger partial charge in [-0.05, 0) is 57.1 Å². The highest BCUT2D eigenvalue weighted by molar-refractivity contribution is 7.20. The Morgan fingerprint density at radius 1 is 1.12 bits per heavy atom. The van der Waals surface area contributed by atoms with Crippen molar-refractivity contribution in [1.29, 1.82) is 0 Å². The van der Waals surface area contributed by atoms with Crippen LogP contribution in [0.2, 0.25) is 0 Å². The van der Waals surface area contributed by atoms with Crippen molar-refractivity contribution in [3.63, 3.8) is 0 Å². The number of nitrogens with zero attached hydrogens (tertiary/aromatic N) is 1. The fourth-order valence-electron chi connectivity index (χ4n) is 3.18. The second-order valence-corrected chi connectivity index (χ2v) is 7.64. The maximum atomic E-state index is 6.24. The van der Waals surface area contributed by atoms with Crippen LogP contribution in [0.5, 0.6) is 0 Å². The number of thiophene rings is 1. The highest BCUT2D eigenvalue weighted by Gasteiger charge is 2.11. The molecule has 134 valence electrons. The number of pyridine rings is 1. The molecule has 0 aliphatic rings. The molecule has 0 fully saturated rings. The minimum Gasteiger partial charge on any atom is -0.383 e. The third-order valence-electron chi connectivity index (χ3n) is 4.55. The summed E-state index contributed by atoms with van der Waals surface area (Å²) >= 11 is 1.82. The first kappa shape index (κ1) is 18.1. The van der Waals surface area contributed by atoms with Gasteiger partial charge in [0.05, 0.1) is 5.52 Å². The van der Waals surface area contributed by atoms with Crippen LogP contribution in [0.1, 0.15) is 36.6 Å². The molecule has 5 heteroatoms. The average Bonchev–Trinajstić information content (AvgIpc) is 3.05. The molecule has 2 heterocycles. The predicted octanol–water partition coefficient (Wildman–Crippen LogP) is 4.07. The van der Waals surface area contributed by atoms with Crippen LogP contribution in [0.4, 0.5) is 5.82 Å². The number of hydrogen-bond acceptors (Lipinski definition) is 5. The summed E-state index contributed by atoms with van der Waals surface area (Å²) in [6.07, 6.45) is 4.82. The number of anilines is 1. The summed E-state index contributed by atoms with van der Waals surface area (Å²) in [7, 11) is 2.01. The van der Waals surface area contributed by atoms with Crippen LogP contribution in [0.25, 0.3) is 21.0 Å². The molecule has 0 aliphatic carbocycles. The number of fused-ring (bicyclic) bond motifs is 3. The number of aromatic nitrogens is 1. The van der Waals surface area contributed by atoms with Crippen LogP contribution in [0.3, 0.4) is 0 Å². The van der Waals surface area contributed by atoms with E-state index < -0.39 is 0 Å². The SMILES string of the molecule is CCNCc1cc2c(N)nc3cc(CCCCCNC)ccc3c2s1. The Kier molecular flexibility index (Phi) is 6.24. The summed E-state index contributed by atoms with van der Waals surface area (Å²) < 4.78 is 1.26. The molecule has 4 nitrogen and oxygen atoms in total. The first-order chi connectivity index (χ1) is 12.2. The minimum absolute atomic E-state index is 0.646. The molecule has 0 saturated carbocycles. The predicted molar refractivity (Wildman–Crippen MR) is 110 cm³/mol. The highest BCUT2D eigenvalue weighted by Crippen LogP contribution is 2.35. The zero-order valence-electron chi connectivity index (χ0n) is 15.2. The van der Waals surface area contributed by atoms with Crippen LogP contribution in [0, 0.1) is 0 Å². The van der Waals surface area contributed by atoms with Gasteiger partial charge in [0, 0.05) is 26.9 Å². The van der Waals surface area contributed by atoms with Crippen molar-refractivity contribution >= 4 is 38.1 Å². The van der Waals surface area contributed by atoms with E-state index in [0.29, 0.717) is 5.82 Å². The number of unbranched alkanes of at least 4 members (excludes halogenated alkanes) is 2. The number of nitrogens with two attached hydrogens (primary N) is 1. The van der Waals surface area contributed by atoms with Gasteiger partial charge >= 0.3 is 0 Å². The lowest BCUT2D eigenvalue weighted by atomic mass is 10.0. The van der Waals surface area contributed by atoms with Crippen molar-refractivity contribution in [3.05, 3.63) is 34.7 Å². The molecule has 2 aromatic heterocycles. The van der Waals surface area contributed by atoms with Crippen molar-refractivity contribution in [2.45, 2.75) is 39.2 Å². The first-order valence-electron chi connectivity index (χ1n) is 9.18. The second-order valence-electron chi connectivity index (χ2n) is 6.50. The fraction of sp³-hybridized carbons (Fsp3) is 0.450. The molecule has 0 amide bonds. The lowest BCUT2D eigenvalue weighted by Gasteiger charge is -2.06. The Hall–Kier alpha value is -1.69. The monoisotopic (exact) mass is 356 g/mol. The molecule has 0 saturated heterocycles. The molecule has 0 spiro atoms. The van der Waals surface area contributed by atoms with E-state index in [1.54, 1.807) is 0 Å². The minimum atomic E-state index is 0.646. The van der Waals surface area contributed by atoms with E-state index in [9.17, 15) is 0 Å². The van der Waals surface area contributed by atoms with Gasteiger partial charge in [-0.1, -0.05) is 25.5 Å². The quantitative estimate of drug-likeness (QED) is 0.506. The molecule has 0 unspecified atom stereocenters. The van der Waals surface area contributed by atoms with Gasteiger partial charge in [-0.3, -0.25) is 0 Å².